The summed E-state index contributed by atoms with van der Waals surface area (Å²) in [6.07, 6.45) is 3.25. The molecule has 0 aromatic heterocycles. The molecule has 0 bridgehead atoms. The summed E-state index contributed by atoms with van der Waals surface area (Å²) >= 11 is 5.93. The number of hydrogen-bond donors (Lipinski definition) is 2. The summed E-state index contributed by atoms with van der Waals surface area (Å²) < 4.78 is 0. The van der Waals surface area contributed by atoms with Crippen LogP contribution >= 0.6 is 11.6 Å². The van der Waals surface area contributed by atoms with Gasteiger partial charge in [-0.15, -0.1) is 0 Å². The average Bonchev–Trinajstić information content (AvgIpc) is 2.43. The van der Waals surface area contributed by atoms with Crippen LogP contribution < -0.4 is 0 Å². The lowest BCUT2D eigenvalue weighted by atomic mass is 9.76. The van der Waals surface area contributed by atoms with E-state index in [0.717, 1.165) is 37.8 Å². The topological polar surface area (TPSA) is 60.8 Å². The Labute approximate surface area is 130 Å². The van der Waals surface area contributed by atoms with Gasteiger partial charge in [0.25, 0.3) is 0 Å². The van der Waals surface area contributed by atoms with E-state index in [1.807, 2.05) is 13.0 Å². The van der Waals surface area contributed by atoms with Crippen molar-refractivity contribution in [3.8, 4) is 5.75 Å². The third-order valence-corrected chi connectivity index (χ3v) is 4.56. The summed E-state index contributed by atoms with van der Waals surface area (Å²) in [5.74, 6) is -0.609. The molecule has 1 aromatic rings. The van der Waals surface area contributed by atoms with Crippen LogP contribution in [0.1, 0.15) is 38.2 Å². The fourth-order valence-corrected chi connectivity index (χ4v) is 3.44. The molecule has 1 unspecified atom stereocenters. The zero-order valence-electron chi connectivity index (χ0n) is 12.3. The molecule has 5 heteroatoms. The molecule has 1 fully saturated rings. The first-order valence-corrected chi connectivity index (χ1v) is 7.78. The van der Waals surface area contributed by atoms with Crippen LogP contribution in [0.3, 0.4) is 0 Å². The lowest BCUT2D eigenvalue weighted by Gasteiger charge is -2.40. The first-order chi connectivity index (χ1) is 9.97. The van der Waals surface area contributed by atoms with Crippen LogP contribution in [-0.4, -0.2) is 34.2 Å². The Morgan fingerprint density at radius 1 is 1.48 bits per heavy atom. The maximum Gasteiger partial charge on any atom is 0.310 e. The second-order valence-corrected chi connectivity index (χ2v) is 6.34. The number of aromatic hydroxyl groups is 1. The van der Waals surface area contributed by atoms with Crippen LogP contribution in [0.5, 0.6) is 5.75 Å². The first kappa shape index (κ1) is 16.1. The minimum Gasteiger partial charge on any atom is -0.506 e. The standard InChI is InChI=1S/C16H22ClNO3/c1-2-6-16(15(20)21)7-3-8-18(11-16)10-12-4-5-14(19)13(17)9-12/h4-5,9,19H,2-3,6-8,10-11H2,1H3,(H,20,21). The number of hydrogen-bond acceptors (Lipinski definition) is 3. The normalized spacial score (nSPS) is 23.1. The van der Waals surface area contributed by atoms with E-state index in [9.17, 15) is 15.0 Å². The van der Waals surface area contributed by atoms with E-state index in [4.69, 9.17) is 11.6 Å². The van der Waals surface area contributed by atoms with Crippen molar-refractivity contribution in [2.75, 3.05) is 13.1 Å². The van der Waals surface area contributed by atoms with E-state index in [0.29, 0.717) is 18.1 Å². The van der Waals surface area contributed by atoms with Gasteiger partial charge in [-0.05, 0) is 43.5 Å². The van der Waals surface area contributed by atoms with Gasteiger partial charge in [-0.25, -0.2) is 0 Å². The van der Waals surface area contributed by atoms with Crippen molar-refractivity contribution in [3.05, 3.63) is 28.8 Å². The average molecular weight is 312 g/mol. The molecule has 1 heterocycles. The monoisotopic (exact) mass is 311 g/mol. The molecule has 0 aliphatic carbocycles. The van der Waals surface area contributed by atoms with Gasteiger partial charge in [-0.2, -0.15) is 0 Å². The highest BCUT2D eigenvalue weighted by Gasteiger charge is 2.41. The van der Waals surface area contributed by atoms with Gasteiger partial charge in [0.2, 0.25) is 0 Å². The van der Waals surface area contributed by atoms with Gasteiger partial charge in [-0.1, -0.05) is 31.0 Å². The van der Waals surface area contributed by atoms with E-state index >= 15 is 0 Å². The second kappa shape index (κ2) is 6.67. The SMILES string of the molecule is CCCC1(C(=O)O)CCCN(Cc2ccc(O)c(Cl)c2)C1. The molecular weight excluding hydrogens is 290 g/mol. The summed E-state index contributed by atoms with van der Waals surface area (Å²) in [6.45, 7) is 4.17. The fourth-order valence-electron chi connectivity index (χ4n) is 3.23. The molecule has 1 aromatic carbocycles. The van der Waals surface area contributed by atoms with Gasteiger partial charge in [0.05, 0.1) is 10.4 Å². The highest BCUT2D eigenvalue weighted by Crippen LogP contribution is 2.36. The molecule has 1 aliphatic rings. The van der Waals surface area contributed by atoms with Crippen molar-refractivity contribution in [3.63, 3.8) is 0 Å². The number of halogens is 1. The van der Waals surface area contributed by atoms with Gasteiger partial charge >= 0.3 is 5.97 Å². The van der Waals surface area contributed by atoms with Gasteiger partial charge in [0, 0.05) is 13.1 Å². The van der Waals surface area contributed by atoms with Crippen molar-refractivity contribution in [2.24, 2.45) is 5.41 Å². The molecule has 1 saturated heterocycles. The number of benzene rings is 1. The maximum absolute atomic E-state index is 11.7. The minimum atomic E-state index is -0.683. The fraction of sp³-hybridized carbons (Fsp3) is 0.562. The van der Waals surface area contributed by atoms with Gasteiger partial charge < -0.3 is 10.2 Å². The van der Waals surface area contributed by atoms with Crippen molar-refractivity contribution in [1.29, 1.82) is 0 Å². The van der Waals surface area contributed by atoms with Gasteiger partial charge in [0.15, 0.2) is 0 Å². The van der Waals surface area contributed by atoms with Crippen LogP contribution in [0.15, 0.2) is 18.2 Å². The van der Waals surface area contributed by atoms with Crippen LogP contribution in [-0.2, 0) is 11.3 Å². The second-order valence-electron chi connectivity index (χ2n) is 5.94. The highest BCUT2D eigenvalue weighted by atomic mass is 35.5. The number of phenolic OH excluding ortho intramolecular Hbond substituents is 1. The van der Waals surface area contributed by atoms with Crippen molar-refractivity contribution >= 4 is 17.6 Å². The maximum atomic E-state index is 11.7. The van der Waals surface area contributed by atoms with Crippen molar-refractivity contribution < 1.29 is 15.0 Å². The Hall–Kier alpha value is -1.26. The summed E-state index contributed by atoms with van der Waals surface area (Å²) in [7, 11) is 0. The number of carbonyl (C=O) groups is 1. The molecular formula is C16H22ClNO3. The molecule has 0 saturated carbocycles. The van der Waals surface area contributed by atoms with Crippen LogP contribution in [0.25, 0.3) is 0 Å². The van der Waals surface area contributed by atoms with Crippen molar-refractivity contribution in [2.45, 2.75) is 39.2 Å². The van der Waals surface area contributed by atoms with E-state index in [1.165, 1.54) is 0 Å². The van der Waals surface area contributed by atoms with E-state index in [1.54, 1.807) is 12.1 Å². The number of nitrogens with zero attached hydrogens (tertiary/aromatic N) is 1. The number of rotatable bonds is 5. The Morgan fingerprint density at radius 2 is 2.24 bits per heavy atom. The van der Waals surface area contributed by atoms with Crippen molar-refractivity contribution in [1.82, 2.24) is 4.90 Å². The molecule has 0 amide bonds. The minimum absolute atomic E-state index is 0.0740. The summed E-state index contributed by atoms with van der Waals surface area (Å²) in [6, 6.07) is 5.16. The summed E-state index contributed by atoms with van der Waals surface area (Å²) in [5.41, 5.74) is 0.378. The molecule has 1 aliphatic heterocycles. The van der Waals surface area contributed by atoms with E-state index in [2.05, 4.69) is 4.90 Å². The Bertz CT molecular complexity index is 516. The number of piperidine rings is 1. The summed E-state index contributed by atoms with van der Waals surface area (Å²) in [5, 5.41) is 19.4. The van der Waals surface area contributed by atoms with E-state index < -0.39 is 11.4 Å². The predicted molar refractivity (Wildman–Crippen MR) is 82.6 cm³/mol. The van der Waals surface area contributed by atoms with Crippen LogP contribution in [0.2, 0.25) is 5.02 Å². The number of aliphatic carboxylic acids is 1. The van der Waals surface area contributed by atoms with Gasteiger partial charge in [0.1, 0.15) is 5.75 Å². The third kappa shape index (κ3) is 3.69. The van der Waals surface area contributed by atoms with E-state index in [-0.39, 0.29) is 5.75 Å². The smallest absolute Gasteiger partial charge is 0.310 e. The molecule has 2 rings (SSSR count). The molecule has 2 N–H and O–H groups in total. The number of carboxylic acid groups (broad SMARTS) is 1. The number of phenols is 1. The molecule has 0 spiro atoms. The molecule has 116 valence electrons. The highest BCUT2D eigenvalue weighted by molar-refractivity contribution is 6.32. The first-order valence-electron chi connectivity index (χ1n) is 7.40. The zero-order chi connectivity index (χ0) is 15.5. The summed E-state index contributed by atoms with van der Waals surface area (Å²) in [4.78, 5) is 13.9. The lowest BCUT2D eigenvalue weighted by molar-refractivity contribution is -0.153. The Kier molecular flexibility index (Phi) is 5.12. The molecule has 0 radical (unpaired) electrons. The Balaban J connectivity index is 2.09. The largest absolute Gasteiger partial charge is 0.506 e. The van der Waals surface area contributed by atoms with Crippen LogP contribution in [0, 0.1) is 5.41 Å². The number of carboxylic acids is 1. The third-order valence-electron chi connectivity index (χ3n) is 4.26. The molecule has 1 atom stereocenters. The Morgan fingerprint density at radius 3 is 2.86 bits per heavy atom. The molecule has 21 heavy (non-hydrogen) atoms. The predicted octanol–water partition coefficient (Wildman–Crippen LogP) is 3.51. The zero-order valence-corrected chi connectivity index (χ0v) is 13.1. The number of likely N-dealkylation sites (tertiary alicyclic amines) is 1. The van der Waals surface area contributed by atoms with Gasteiger partial charge in [-0.3, -0.25) is 9.69 Å². The lowest BCUT2D eigenvalue weighted by Crippen LogP contribution is -2.47. The molecule has 4 nitrogen and oxygen atoms in total. The van der Waals surface area contributed by atoms with Crippen LogP contribution in [0.4, 0.5) is 0 Å². The quantitative estimate of drug-likeness (QED) is 0.873.